The highest BCUT2D eigenvalue weighted by molar-refractivity contribution is 5.82. The highest BCUT2D eigenvalue weighted by atomic mass is 16.2. The van der Waals surface area contributed by atoms with Crippen molar-refractivity contribution >= 4 is 5.91 Å². The van der Waals surface area contributed by atoms with E-state index in [0.29, 0.717) is 13.1 Å². The van der Waals surface area contributed by atoms with Crippen molar-refractivity contribution in [3.05, 3.63) is 35.9 Å². The molecule has 0 aliphatic carbocycles. The Hall–Kier alpha value is -1.35. The molecule has 3 N–H and O–H groups in total. The van der Waals surface area contributed by atoms with E-state index in [2.05, 4.69) is 17.4 Å². The molecule has 0 heterocycles. The maximum absolute atomic E-state index is 11.9. The molecule has 1 rings (SSSR count). The number of carbonyl (C=O) groups excluding carboxylic acids is 1. The van der Waals surface area contributed by atoms with Crippen molar-refractivity contribution < 1.29 is 4.79 Å². The monoisotopic (exact) mass is 248 g/mol. The lowest BCUT2D eigenvalue weighted by molar-refractivity contribution is -0.129. The van der Waals surface area contributed by atoms with Crippen molar-refractivity contribution in [3.8, 4) is 0 Å². The van der Waals surface area contributed by atoms with E-state index in [9.17, 15) is 4.79 Å². The lowest BCUT2D eigenvalue weighted by Crippen LogP contribution is -2.43. The van der Waals surface area contributed by atoms with Gasteiger partial charge in [-0.1, -0.05) is 37.3 Å². The van der Waals surface area contributed by atoms with E-state index < -0.39 is 5.41 Å². The number of aryl methyl sites for hydroxylation is 1. The highest BCUT2D eigenvalue weighted by Crippen LogP contribution is 2.18. The molecule has 0 saturated heterocycles. The Kier molecular flexibility index (Phi) is 5.86. The van der Waals surface area contributed by atoms with Crippen molar-refractivity contribution in [1.82, 2.24) is 5.32 Å². The summed E-state index contributed by atoms with van der Waals surface area (Å²) < 4.78 is 0. The van der Waals surface area contributed by atoms with E-state index >= 15 is 0 Å². The van der Waals surface area contributed by atoms with Gasteiger partial charge in [0.05, 0.1) is 5.41 Å². The Bertz CT molecular complexity index is 358. The first-order chi connectivity index (χ1) is 8.62. The number of rotatable bonds is 7. The van der Waals surface area contributed by atoms with Crippen LogP contribution in [0.1, 0.15) is 32.3 Å². The van der Waals surface area contributed by atoms with E-state index in [4.69, 9.17) is 5.73 Å². The van der Waals surface area contributed by atoms with Crippen molar-refractivity contribution in [2.75, 3.05) is 13.1 Å². The quantitative estimate of drug-likeness (QED) is 0.726. The SMILES string of the molecule is CCC(C)(CN)C(=O)NCCCc1ccccc1. The van der Waals surface area contributed by atoms with Crippen LogP contribution in [0.2, 0.25) is 0 Å². The number of benzene rings is 1. The zero-order chi connectivity index (χ0) is 13.4. The van der Waals surface area contributed by atoms with Crippen molar-refractivity contribution in [2.24, 2.45) is 11.1 Å². The number of nitrogens with one attached hydrogen (secondary N) is 1. The van der Waals surface area contributed by atoms with Gasteiger partial charge < -0.3 is 11.1 Å². The predicted octanol–water partition coefficient (Wildman–Crippen LogP) is 2.11. The van der Waals surface area contributed by atoms with E-state index in [1.165, 1.54) is 5.56 Å². The minimum Gasteiger partial charge on any atom is -0.356 e. The molecule has 0 saturated carbocycles. The van der Waals surface area contributed by atoms with Crippen LogP contribution >= 0.6 is 0 Å². The molecule has 0 aliphatic rings. The molecule has 1 unspecified atom stereocenters. The van der Waals surface area contributed by atoms with Crippen LogP contribution in [0, 0.1) is 5.41 Å². The van der Waals surface area contributed by atoms with E-state index in [1.54, 1.807) is 0 Å². The van der Waals surface area contributed by atoms with Gasteiger partial charge in [-0.3, -0.25) is 4.79 Å². The molecule has 0 bridgehead atoms. The average molecular weight is 248 g/mol. The van der Waals surface area contributed by atoms with Gasteiger partial charge in [-0.05, 0) is 31.7 Å². The third-order valence-corrected chi connectivity index (χ3v) is 3.55. The van der Waals surface area contributed by atoms with Crippen molar-refractivity contribution in [3.63, 3.8) is 0 Å². The van der Waals surface area contributed by atoms with Crippen LogP contribution in [0.3, 0.4) is 0 Å². The summed E-state index contributed by atoms with van der Waals surface area (Å²) in [7, 11) is 0. The number of carbonyl (C=O) groups is 1. The fourth-order valence-corrected chi connectivity index (χ4v) is 1.75. The summed E-state index contributed by atoms with van der Waals surface area (Å²) in [6, 6.07) is 10.3. The Morgan fingerprint density at radius 2 is 2.00 bits per heavy atom. The summed E-state index contributed by atoms with van der Waals surface area (Å²) in [5, 5.41) is 2.98. The van der Waals surface area contributed by atoms with Gasteiger partial charge in [0.25, 0.3) is 0 Å². The summed E-state index contributed by atoms with van der Waals surface area (Å²) >= 11 is 0. The standard InChI is InChI=1S/C15H24N2O/c1-3-15(2,12-16)14(18)17-11-7-10-13-8-5-4-6-9-13/h4-6,8-9H,3,7,10-12,16H2,1-2H3,(H,17,18). The van der Waals surface area contributed by atoms with Gasteiger partial charge in [-0.15, -0.1) is 0 Å². The molecule has 1 amide bonds. The third kappa shape index (κ3) is 4.15. The fraction of sp³-hybridized carbons (Fsp3) is 0.533. The van der Waals surface area contributed by atoms with Crippen LogP contribution in [-0.4, -0.2) is 19.0 Å². The number of hydrogen-bond acceptors (Lipinski definition) is 2. The molecule has 3 heteroatoms. The second-order valence-electron chi connectivity index (χ2n) is 4.96. The number of amides is 1. The second kappa shape index (κ2) is 7.17. The molecule has 18 heavy (non-hydrogen) atoms. The first-order valence-electron chi connectivity index (χ1n) is 6.64. The summed E-state index contributed by atoms with van der Waals surface area (Å²) in [5.41, 5.74) is 6.54. The summed E-state index contributed by atoms with van der Waals surface area (Å²) in [6.45, 7) is 5.02. The normalized spacial score (nSPS) is 13.9. The van der Waals surface area contributed by atoms with Gasteiger partial charge >= 0.3 is 0 Å². The molecule has 0 aromatic heterocycles. The van der Waals surface area contributed by atoms with Gasteiger partial charge in [-0.2, -0.15) is 0 Å². The van der Waals surface area contributed by atoms with Crippen molar-refractivity contribution in [2.45, 2.75) is 33.1 Å². The molecule has 1 atom stereocenters. The average Bonchev–Trinajstić information content (AvgIpc) is 2.43. The van der Waals surface area contributed by atoms with E-state index in [0.717, 1.165) is 19.3 Å². The Labute approximate surface area is 110 Å². The smallest absolute Gasteiger partial charge is 0.227 e. The molecular weight excluding hydrogens is 224 g/mol. The Balaban J connectivity index is 2.28. The molecule has 0 radical (unpaired) electrons. The van der Waals surface area contributed by atoms with Gasteiger partial charge in [-0.25, -0.2) is 0 Å². The minimum absolute atomic E-state index is 0.0700. The van der Waals surface area contributed by atoms with Gasteiger partial charge in [0, 0.05) is 13.1 Å². The molecule has 1 aromatic rings. The first-order valence-corrected chi connectivity index (χ1v) is 6.64. The fourth-order valence-electron chi connectivity index (χ4n) is 1.75. The molecule has 0 spiro atoms. The van der Waals surface area contributed by atoms with E-state index in [-0.39, 0.29) is 5.91 Å². The lowest BCUT2D eigenvalue weighted by Gasteiger charge is -2.24. The molecule has 0 aliphatic heterocycles. The van der Waals surface area contributed by atoms with Gasteiger partial charge in [0.1, 0.15) is 0 Å². The summed E-state index contributed by atoms with van der Waals surface area (Å²) in [5.74, 6) is 0.0700. The highest BCUT2D eigenvalue weighted by Gasteiger charge is 2.28. The van der Waals surface area contributed by atoms with Crippen molar-refractivity contribution in [1.29, 1.82) is 0 Å². The lowest BCUT2D eigenvalue weighted by atomic mass is 9.86. The molecule has 0 fully saturated rings. The minimum atomic E-state index is -0.424. The maximum atomic E-state index is 11.9. The van der Waals surface area contributed by atoms with Crippen LogP contribution in [0.25, 0.3) is 0 Å². The summed E-state index contributed by atoms with van der Waals surface area (Å²) in [4.78, 5) is 11.9. The Morgan fingerprint density at radius 1 is 1.33 bits per heavy atom. The number of hydrogen-bond donors (Lipinski definition) is 2. The van der Waals surface area contributed by atoms with Crippen LogP contribution in [0.5, 0.6) is 0 Å². The first kappa shape index (κ1) is 14.7. The zero-order valence-corrected chi connectivity index (χ0v) is 11.4. The predicted molar refractivity (Wildman–Crippen MR) is 75.2 cm³/mol. The van der Waals surface area contributed by atoms with Crippen LogP contribution in [0.15, 0.2) is 30.3 Å². The van der Waals surface area contributed by atoms with Gasteiger partial charge in [0.15, 0.2) is 0 Å². The third-order valence-electron chi connectivity index (χ3n) is 3.55. The molecule has 3 nitrogen and oxygen atoms in total. The van der Waals surface area contributed by atoms with Gasteiger partial charge in [0.2, 0.25) is 5.91 Å². The van der Waals surface area contributed by atoms with Crippen LogP contribution < -0.4 is 11.1 Å². The maximum Gasteiger partial charge on any atom is 0.227 e. The Morgan fingerprint density at radius 3 is 2.56 bits per heavy atom. The number of nitrogens with two attached hydrogens (primary N) is 1. The van der Waals surface area contributed by atoms with Crippen LogP contribution in [-0.2, 0) is 11.2 Å². The van der Waals surface area contributed by atoms with E-state index in [1.807, 2.05) is 32.0 Å². The zero-order valence-electron chi connectivity index (χ0n) is 11.4. The van der Waals surface area contributed by atoms with Crippen LogP contribution in [0.4, 0.5) is 0 Å². The molecule has 1 aromatic carbocycles. The molecule has 100 valence electrons. The summed E-state index contributed by atoms with van der Waals surface area (Å²) in [6.07, 6.45) is 2.72. The second-order valence-corrected chi connectivity index (χ2v) is 4.96. The molecular formula is C15H24N2O. The topological polar surface area (TPSA) is 55.1 Å². The largest absolute Gasteiger partial charge is 0.356 e.